The topological polar surface area (TPSA) is 54.0 Å². The largest absolute Gasteiger partial charge is 0.355 e. The summed E-state index contributed by atoms with van der Waals surface area (Å²) in [4.78, 5) is 15.8. The van der Waals surface area contributed by atoms with Crippen LogP contribution in [0.2, 0.25) is 0 Å². The summed E-state index contributed by atoms with van der Waals surface area (Å²) in [6.45, 7) is 0. The number of aromatic nitrogens is 1. The Kier molecular flexibility index (Phi) is 3.14. The van der Waals surface area contributed by atoms with Gasteiger partial charge in [0.25, 0.3) is 0 Å². The van der Waals surface area contributed by atoms with Gasteiger partial charge in [-0.1, -0.05) is 18.2 Å². The number of anilines is 3. The second kappa shape index (κ2) is 5.10. The third kappa shape index (κ3) is 3.10. The molecule has 1 amide bonds. The zero-order valence-corrected chi connectivity index (χ0v) is 10.5. The summed E-state index contributed by atoms with van der Waals surface area (Å²) in [6.07, 6.45) is 3.68. The Bertz CT molecular complexity index is 579. The Morgan fingerprint density at radius 1 is 1.11 bits per heavy atom. The molecule has 0 bridgehead atoms. The maximum Gasteiger partial charge on any atom is 0.228 e. The van der Waals surface area contributed by atoms with Crippen molar-refractivity contribution < 1.29 is 4.79 Å². The van der Waals surface area contributed by atoms with Gasteiger partial charge in [0.05, 0.1) is 0 Å². The minimum Gasteiger partial charge on any atom is -0.355 e. The summed E-state index contributed by atoms with van der Waals surface area (Å²) in [6, 6.07) is 13.6. The number of benzene rings is 1. The number of amides is 1. The molecule has 4 nitrogen and oxygen atoms in total. The molecule has 0 atom stereocenters. The van der Waals surface area contributed by atoms with E-state index in [0.29, 0.717) is 5.82 Å². The molecule has 2 aromatic rings. The molecule has 0 saturated heterocycles. The molecule has 1 heterocycles. The normalized spacial score (nSPS) is 13.9. The number of para-hydroxylation sites is 1. The van der Waals surface area contributed by atoms with Gasteiger partial charge in [-0.2, -0.15) is 0 Å². The van der Waals surface area contributed by atoms with Crippen molar-refractivity contribution in [2.24, 2.45) is 5.92 Å². The number of hydrogen-bond acceptors (Lipinski definition) is 3. The Balaban J connectivity index is 1.70. The van der Waals surface area contributed by atoms with E-state index in [-0.39, 0.29) is 11.8 Å². The van der Waals surface area contributed by atoms with E-state index in [1.54, 1.807) is 6.20 Å². The average molecular weight is 253 g/mol. The third-order valence-electron chi connectivity index (χ3n) is 3.02. The van der Waals surface area contributed by atoms with E-state index >= 15 is 0 Å². The number of carbonyl (C=O) groups is 1. The van der Waals surface area contributed by atoms with Gasteiger partial charge in [0, 0.05) is 29.6 Å². The molecule has 1 aliphatic carbocycles. The predicted octanol–water partition coefficient (Wildman–Crippen LogP) is 3.17. The summed E-state index contributed by atoms with van der Waals surface area (Å²) in [5.74, 6) is 0.856. The minimum absolute atomic E-state index is 0.0735. The highest BCUT2D eigenvalue weighted by atomic mass is 16.2. The lowest BCUT2D eigenvalue weighted by Gasteiger charge is -2.08. The van der Waals surface area contributed by atoms with Gasteiger partial charge in [0.15, 0.2) is 0 Å². The van der Waals surface area contributed by atoms with Crippen LogP contribution in [0.3, 0.4) is 0 Å². The minimum atomic E-state index is 0.0735. The molecular weight excluding hydrogens is 238 g/mol. The Hall–Kier alpha value is -2.36. The fourth-order valence-corrected chi connectivity index (χ4v) is 1.84. The zero-order valence-electron chi connectivity index (χ0n) is 10.5. The standard InChI is InChI=1S/C15H15N3O/c19-15(11-6-7-11)18-14-10-13(8-9-16-14)17-12-4-2-1-3-5-12/h1-5,8-11H,6-7H2,(H2,16,17,18,19). The summed E-state index contributed by atoms with van der Waals surface area (Å²) in [5.41, 5.74) is 1.92. The van der Waals surface area contributed by atoms with Crippen LogP contribution < -0.4 is 10.6 Å². The van der Waals surface area contributed by atoms with Crippen LogP contribution in [0.5, 0.6) is 0 Å². The van der Waals surface area contributed by atoms with E-state index in [1.165, 1.54) is 0 Å². The van der Waals surface area contributed by atoms with Gasteiger partial charge < -0.3 is 10.6 Å². The maximum atomic E-state index is 11.7. The third-order valence-corrected chi connectivity index (χ3v) is 3.02. The van der Waals surface area contributed by atoms with Crippen LogP contribution >= 0.6 is 0 Å². The molecule has 2 N–H and O–H groups in total. The Morgan fingerprint density at radius 2 is 1.89 bits per heavy atom. The molecule has 1 aliphatic rings. The number of carbonyl (C=O) groups excluding carboxylic acids is 1. The molecule has 96 valence electrons. The average Bonchev–Trinajstić information content (AvgIpc) is 3.24. The molecule has 19 heavy (non-hydrogen) atoms. The number of rotatable bonds is 4. The molecular formula is C15H15N3O. The van der Waals surface area contributed by atoms with Crippen molar-refractivity contribution in [2.45, 2.75) is 12.8 Å². The Morgan fingerprint density at radius 3 is 2.63 bits per heavy atom. The SMILES string of the molecule is O=C(Nc1cc(Nc2ccccc2)ccn1)C1CC1. The molecule has 0 aliphatic heterocycles. The second-order valence-corrected chi connectivity index (χ2v) is 4.68. The number of hydrogen-bond donors (Lipinski definition) is 2. The first-order valence-corrected chi connectivity index (χ1v) is 6.40. The summed E-state index contributed by atoms with van der Waals surface area (Å²) in [7, 11) is 0. The van der Waals surface area contributed by atoms with Crippen LogP contribution in [0, 0.1) is 5.92 Å². The smallest absolute Gasteiger partial charge is 0.228 e. The van der Waals surface area contributed by atoms with Crippen molar-refractivity contribution in [3.63, 3.8) is 0 Å². The fourth-order valence-electron chi connectivity index (χ4n) is 1.84. The van der Waals surface area contributed by atoms with E-state index in [1.807, 2.05) is 42.5 Å². The highest BCUT2D eigenvalue weighted by Crippen LogP contribution is 2.30. The quantitative estimate of drug-likeness (QED) is 0.880. The summed E-state index contributed by atoms with van der Waals surface area (Å²) in [5, 5.41) is 6.11. The molecule has 4 heteroatoms. The van der Waals surface area contributed by atoms with Gasteiger partial charge in [0.2, 0.25) is 5.91 Å². The maximum absolute atomic E-state index is 11.7. The van der Waals surface area contributed by atoms with Crippen molar-refractivity contribution in [1.29, 1.82) is 0 Å². The first kappa shape index (κ1) is 11.7. The van der Waals surface area contributed by atoms with E-state index in [0.717, 1.165) is 24.2 Å². The van der Waals surface area contributed by atoms with E-state index in [9.17, 15) is 4.79 Å². The van der Waals surface area contributed by atoms with E-state index in [2.05, 4.69) is 15.6 Å². The molecule has 1 saturated carbocycles. The lowest BCUT2D eigenvalue weighted by Crippen LogP contribution is -2.14. The van der Waals surface area contributed by atoms with Crippen LogP contribution in [0.4, 0.5) is 17.2 Å². The molecule has 0 radical (unpaired) electrons. The first-order valence-electron chi connectivity index (χ1n) is 6.40. The van der Waals surface area contributed by atoms with Gasteiger partial charge in [0.1, 0.15) is 5.82 Å². The molecule has 0 spiro atoms. The number of pyridine rings is 1. The zero-order chi connectivity index (χ0) is 13.1. The Labute approximate surface area is 111 Å². The monoisotopic (exact) mass is 253 g/mol. The van der Waals surface area contributed by atoms with Gasteiger partial charge in [-0.25, -0.2) is 4.98 Å². The number of nitrogens with one attached hydrogen (secondary N) is 2. The second-order valence-electron chi connectivity index (χ2n) is 4.68. The highest BCUT2D eigenvalue weighted by Gasteiger charge is 2.29. The molecule has 1 fully saturated rings. The van der Waals surface area contributed by atoms with E-state index in [4.69, 9.17) is 0 Å². The lowest BCUT2D eigenvalue weighted by molar-refractivity contribution is -0.117. The fraction of sp³-hybridized carbons (Fsp3) is 0.200. The lowest BCUT2D eigenvalue weighted by atomic mass is 10.3. The van der Waals surface area contributed by atoms with Gasteiger partial charge in [-0.15, -0.1) is 0 Å². The van der Waals surface area contributed by atoms with Crippen molar-refractivity contribution in [3.05, 3.63) is 48.7 Å². The predicted molar refractivity (Wildman–Crippen MR) is 75.3 cm³/mol. The van der Waals surface area contributed by atoms with Gasteiger partial charge in [-0.3, -0.25) is 4.79 Å². The number of nitrogens with zero attached hydrogens (tertiary/aromatic N) is 1. The van der Waals surface area contributed by atoms with Gasteiger partial charge in [-0.05, 0) is 31.0 Å². The van der Waals surface area contributed by atoms with Crippen molar-refractivity contribution in [1.82, 2.24) is 4.98 Å². The van der Waals surface area contributed by atoms with Crippen LogP contribution in [-0.4, -0.2) is 10.9 Å². The van der Waals surface area contributed by atoms with E-state index < -0.39 is 0 Å². The summed E-state index contributed by atoms with van der Waals surface area (Å²) < 4.78 is 0. The van der Waals surface area contributed by atoms with Crippen molar-refractivity contribution >= 4 is 23.1 Å². The van der Waals surface area contributed by atoms with Crippen molar-refractivity contribution in [3.8, 4) is 0 Å². The van der Waals surface area contributed by atoms with Crippen LogP contribution in [-0.2, 0) is 4.79 Å². The summed E-state index contributed by atoms with van der Waals surface area (Å²) >= 11 is 0. The van der Waals surface area contributed by atoms with Gasteiger partial charge >= 0.3 is 0 Å². The first-order chi connectivity index (χ1) is 9.31. The highest BCUT2D eigenvalue weighted by molar-refractivity contribution is 5.93. The van der Waals surface area contributed by atoms with Crippen molar-refractivity contribution in [2.75, 3.05) is 10.6 Å². The van der Waals surface area contributed by atoms with Crippen LogP contribution in [0.25, 0.3) is 0 Å². The molecule has 1 aromatic carbocycles. The molecule has 3 rings (SSSR count). The van der Waals surface area contributed by atoms with Crippen LogP contribution in [0.15, 0.2) is 48.7 Å². The molecule has 0 unspecified atom stereocenters. The van der Waals surface area contributed by atoms with Crippen LogP contribution in [0.1, 0.15) is 12.8 Å². The molecule has 1 aromatic heterocycles.